The molecule has 2 aromatic carbocycles. The highest BCUT2D eigenvalue weighted by Gasteiger charge is 2.24. The molecule has 1 unspecified atom stereocenters. The lowest BCUT2D eigenvalue weighted by atomic mass is 9.95. The molecule has 0 saturated heterocycles. The molecule has 2 aromatic rings. The first-order valence-corrected chi connectivity index (χ1v) is 8.37. The molecule has 0 spiro atoms. The Morgan fingerprint density at radius 2 is 1.79 bits per heavy atom. The number of halogens is 1. The van der Waals surface area contributed by atoms with Gasteiger partial charge in [0.15, 0.2) is 0 Å². The molecule has 3 nitrogen and oxygen atoms in total. The molecule has 0 radical (unpaired) electrons. The van der Waals surface area contributed by atoms with Crippen LogP contribution in [0, 0.1) is 0 Å². The quantitative estimate of drug-likeness (QED) is 0.874. The molecule has 0 fully saturated rings. The molecule has 24 heavy (non-hydrogen) atoms. The number of hydrogen-bond donors (Lipinski definition) is 2. The second kappa shape index (κ2) is 8.86. The summed E-state index contributed by atoms with van der Waals surface area (Å²) in [7, 11) is 0. The molecule has 2 atom stereocenters. The lowest BCUT2D eigenvalue weighted by molar-refractivity contribution is -0.124. The summed E-state index contributed by atoms with van der Waals surface area (Å²) >= 11 is 0. The minimum absolute atomic E-state index is 0. The van der Waals surface area contributed by atoms with Crippen molar-refractivity contribution in [1.82, 2.24) is 10.6 Å². The number of hydrogen-bond acceptors (Lipinski definition) is 2. The number of rotatable bonds is 5. The summed E-state index contributed by atoms with van der Waals surface area (Å²) in [5, 5.41) is 6.49. The molecular formula is C20H25ClN2O. The van der Waals surface area contributed by atoms with Crippen molar-refractivity contribution in [2.75, 3.05) is 0 Å². The largest absolute Gasteiger partial charge is 0.352 e. The van der Waals surface area contributed by atoms with Gasteiger partial charge >= 0.3 is 0 Å². The third-order valence-electron chi connectivity index (χ3n) is 4.50. The Kier molecular flexibility index (Phi) is 6.83. The Bertz CT molecular complexity index is 660. The van der Waals surface area contributed by atoms with E-state index in [1.54, 1.807) is 0 Å². The van der Waals surface area contributed by atoms with Crippen LogP contribution in [-0.2, 0) is 24.2 Å². The predicted molar refractivity (Wildman–Crippen MR) is 100 cm³/mol. The van der Waals surface area contributed by atoms with Crippen LogP contribution < -0.4 is 10.6 Å². The highest BCUT2D eigenvalue weighted by atomic mass is 35.5. The molecule has 4 heteroatoms. The normalized spacial score (nSPS) is 17.3. The van der Waals surface area contributed by atoms with E-state index in [-0.39, 0.29) is 30.4 Å². The summed E-state index contributed by atoms with van der Waals surface area (Å²) in [6.45, 7) is 2.85. The minimum Gasteiger partial charge on any atom is -0.352 e. The lowest BCUT2D eigenvalue weighted by Gasteiger charge is -2.26. The van der Waals surface area contributed by atoms with Gasteiger partial charge in [0.2, 0.25) is 5.91 Å². The highest BCUT2D eigenvalue weighted by molar-refractivity contribution is 5.85. The van der Waals surface area contributed by atoms with Gasteiger partial charge in [-0.1, -0.05) is 54.6 Å². The van der Waals surface area contributed by atoms with Crippen LogP contribution in [0.2, 0.25) is 0 Å². The van der Waals surface area contributed by atoms with E-state index in [0.29, 0.717) is 0 Å². The zero-order chi connectivity index (χ0) is 16.1. The number of carbonyl (C=O) groups excluding carboxylic acids is 1. The van der Waals surface area contributed by atoms with Crippen molar-refractivity contribution in [1.29, 1.82) is 0 Å². The molecule has 0 bridgehead atoms. The van der Waals surface area contributed by atoms with E-state index in [4.69, 9.17) is 0 Å². The third-order valence-corrected chi connectivity index (χ3v) is 4.50. The molecule has 1 amide bonds. The first kappa shape index (κ1) is 18.5. The Morgan fingerprint density at radius 1 is 1.12 bits per heavy atom. The SMILES string of the molecule is CC(CCc1ccccc1)NC(=O)[C@@H]1Cc2ccccc2CN1.Cl. The molecule has 3 rings (SSSR count). The Hall–Kier alpha value is -1.84. The van der Waals surface area contributed by atoms with Gasteiger partial charge in [-0.25, -0.2) is 0 Å². The zero-order valence-corrected chi connectivity index (χ0v) is 14.8. The first-order valence-electron chi connectivity index (χ1n) is 8.37. The maximum absolute atomic E-state index is 12.5. The molecular weight excluding hydrogens is 320 g/mol. The Labute approximate surface area is 150 Å². The molecule has 128 valence electrons. The fourth-order valence-electron chi connectivity index (χ4n) is 3.08. The summed E-state index contributed by atoms with van der Waals surface area (Å²) in [4.78, 5) is 12.5. The van der Waals surface area contributed by atoms with E-state index in [9.17, 15) is 4.79 Å². The molecule has 1 aliphatic heterocycles. The van der Waals surface area contributed by atoms with E-state index >= 15 is 0 Å². The van der Waals surface area contributed by atoms with Crippen LogP contribution in [0.25, 0.3) is 0 Å². The summed E-state index contributed by atoms with van der Waals surface area (Å²) < 4.78 is 0. The van der Waals surface area contributed by atoms with Crippen LogP contribution in [0.1, 0.15) is 30.0 Å². The molecule has 1 aliphatic rings. The van der Waals surface area contributed by atoms with Crippen LogP contribution in [0.4, 0.5) is 0 Å². The van der Waals surface area contributed by atoms with Gasteiger partial charge in [0.25, 0.3) is 0 Å². The summed E-state index contributed by atoms with van der Waals surface area (Å²) in [6.07, 6.45) is 2.72. The van der Waals surface area contributed by atoms with Crippen molar-refractivity contribution < 1.29 is 4.79 Å². The number of nitrogens with one attached hydrogen (secondary N) is 2. The average molecular weight is 345 g/mol. The number of amides is 1. The van der Waals surface area contributed by atoms with Crippen LogP contribution in [-0.4, -0.2) is 18.0 Å². The van der Waals surface area contributed by atoms with Crippen molar-refractivity contribution in [3.63, 3.8) is 0 Å². The van der Waals surface area contributed by atoms with Crippen molar-refractivity contribution in [3.8, 4) is 0 Å². The second-order valence-corrected chi connectivity index (χ2v) is 6.34. The van der Waals surface area contributed by atoms with Gasteiger partial charge in [0.05, 0.1) is 6.04 Å². The van der Waals surface area contributed by atoms with Crippen molar-refractivity contribution >= 4 is 18.3 Å². The van der Waals surface area contributed by atoms with E-state index in [1.807, 2.05) is 18.2 Å². The van der Waals surface area contributed by atoms with Gasteiger partial charge in [-0.05, 0) is 42.9 Å². The number of carbonyl (C=O) groups is 1. The topological polar surface area (TPSA) is 41.1 Å². The number of fused-ring (bicyclic) bond motifs is 1. The third kappa shape index (κ3) is 4.83. The number of benzene rings is 2. The molecule has 0 aliphatic carbocycles. The van der Waals surface area contributed by atoms with Crippen LogP contribution in [0.3, 0.4) is 0 Å². The van der Waals surface area contributed by atoms with Crippen LogP contribution in [0.15, 0.2) is 54.6 Å². The minimum atomic E-state index is -0.121. The monoisotopic (exact) mass is 344 g/mol. The highest BCUT2D eigenvalue weighted by Crippen LogP contribution is 2.16. The van der Waals surface area contributed by atoms with Gasteiger partial charge in [-0.3, -0.25) is 4.79 Å². The maximum Gasteiger partial charge on any atom is 0.237 e. The molecule has 0 saturated carbocycles. The fraction of sp³-hybridized carbons (Fsp3) is 0.350. The lowest BCUT2D eigenvalue weighted by Crippen LogP contribution is -2.49. The molecule has 1 heterocycles. The second-order valence-electron chi connectivity index (χ2n) is 6.34. The maximum atomic E-state index is 12.5. The van der Waals surface area contributed by atoms with Crippen molar-refractivity contribution in [2.45, 2.75) is 44.8 Å². The number of aryl methyl sites for hydroxylation is 1. The van der Waals surface area contributed by atoms with Gasteiger partial charge in [-0.2, -0.15) is 0 Å². The summed E-state index contributed by atoms with van der Waals surface area (Å²) in [6, 6.07) is 18.8. The van der Waals surface area contributed by atoms with Gasteiger partial charge in [0.1, 0.15) is 0 Å². The van der Waals surface area contributed by atoms with Crippen molar-refractivity contribution in [3.05, 3.63) is 71.3 Å². The van der Waals surface area contributed by atoms with Gasteiger partial charge in [0, 0.05) is 12.6 Å². The van der Waals surface area contributed by atoms with E-state index in [1.165, 1.54) is 16.7 Å². The van der Waals surface area contributed by atoms with Gasteiger partial charge < -0.3 is 10.6 Å². The average Bonchev–Trinajstić information content (AvgIpc) is 2.60. The van der Waals surface area contributed by atoms with Crippen molar-refractivity contribution in [2.24, 2.45) is 0 Å². The summed E-state index contributed by atoms with van der Waals surface area (Å²) in [5.74, 6) is 0.111. The van der Waals surface area contributed by atoms with E-state index in [0.717, 1.165) is 25.8 Å². The Balaban J connectivity index is 0.00000208. The van der Waals surface area contributed by atoms with Crippen LogP contribution in [0.5, 0.6) is 0 Å². The standard InChI is InChI=1S/C20H24N2O.ClH/c1-15(11-12-16-7-3-2-4-8-16)22-20(23)19-13-17-9-5-6-10-18(17)14-21-19;/h2-10,15,19,21H,11-14H2,1H3,(H,22,23);1H/t15?,19-;/m0./s1. The zero-order valence-electron chi connectivity index (χ0n) is 14.0. The molecule has 2 N–H and O–H groups in total. The Morgan fingerprint density at radius 3 is 2.54 bits per heavy atom. The van der Waals surface area contributed by atoms with E-state index < -0.39 is 0 Å². The fourth-order valence-corrected chi connectivity index (χ4v) is 3.08. The molecule has 0 aromatic heterocycles. The predicted octanol–water partition coefficient (Wildman–Crippen LogP) is 3.26. The van der Waals surface area contributed by atoms with Gasteiger partial charge in [-0.15, -0.1) is 12.4 Å². The van der Waals surface area contributed by atoms with Crippen LogP contribution >= 0.6 is 12.4 Å². The first-order chi connectivity index (χ1) is 11.2. The van der Waals surface area contributed by atoms with E-state index in [2.05, 4.69) is 54.0 Å². The smallest absolute Gasteiger partial charge is 0.237 e. The summed E-state index contributed by atoms with van der Waals surface area (Å²) in [5.41, 5.74) is 3.90.